The number of aliphatic hydroxyl groups is 1. The maximum absolute atomic E-state index is 10.1. The second kappa shape index (κ2) is 7.39. The first kappa shape index (κ1) is 15.7. The molecule has 2 aromatic rings. The predicted octanol–water partition coefficient (Wildman–Crippen LogP) is 3.73. The second-order valence-corrected chi connectivity index (χ2v) is 5.85. The minimum atomic E-state index is -0.447. The van der Waals surface area contributed by atoms with Crippen LogP contribution in [0.2, 0.25) is 0 Å². The molecule has 0 spiro atoms. The van der Waals surface area contributed by atoms with Crippen LogP contribution in [0.4, 0.5) is 0 Å². The van der Waals surface area contributed by atoms with E-state index in [2.05, 4.69) is 44.3 Å². The highest BCUT2D eigenvalue weighted by atomic mass is 16.3. The summed E-state index contributed by atoms with van der Waals surface area (Å²) in [6, 6.07) is 16.4. The number of benzene rings is 2. The van der Waals surface area contributed by atoms with Crippen LogP contribution >= 0.6 is 0 Å². The monoisotopic (exact) mass is 283 g/mol. The van der Waals surface area contributed by atoms with Crippen LogP contribution < -0.4 is 5.32 Å². The third-order valence-electron chi connectivity index (χ3n) is 3.93. The van der Waals surface area contributed by atoms with Crippen molar-refractivity contribution in [3.8, 4) is 0 Å². The van der Waals surface area contributed by atoms with Gasteiger partial charge < -0.3 is 10.4 Å². The third-order valence-corrected chi connectivity index (χ3v) is 3.93. The summed E-state index contributed by atoms with van der Waals surface area (Å²) >= 11 is 0. The molecule has 2 nitrogen and oxygen atoms in total. The van der Waals surface area contributed by atoms with Gasteiger partial charge in [0.25, 0.3) is 0 Å². The Hall–Kier alpha value is -1.64. The smallest absolute Gasteiger partial charge is 0.0914 e. The van der Waals surface area contributed by atoms with Gasteiger partial charge in [-0.3, -0.25) is 0 Å². The lowest BCUT2D eigenvalue weighted by molar-refractivity contribution is 0.174. The fourth-order valence-electron chi connectivity index (χ4n) is 2.72. The maximum Gasteiger partial charge on any atom is 0.0914 e. The first-order valence-electron chi connectivity index (χ1n) is 7.59. The Kier molecular flexibility index (Phi) is 5.54. The van der Waals surface area contributed by atoms with Gasteiger partial charge >= 0.3 is 0 Å². The first-order valence-corrected chi connectivity index (χ1v) is 7.59. The van der Waals surface area contributed by atoms with Crippen molar-refractivity contribution in [2.45, 2.75) is 32.8 Å². The van der Waals surface area contributed by atoms with Gasteiger partial charge in [0, 0.05) is 13.1 Å². The Morgan fingerprint density at radius 1 is 1.00 bits per heavy atom. The molecule has 2 aromatic carbocycles. The van der Waals surface area contributed by atoms with Crippen molar-refractivity contribution in [2.75, 3.05) is 13.1 Å². The van der Waals surface area contributed by atoms with Gasteiger partial charge in [0.1, 0.15) is 0 Å². The molecule has 2 atom stereocenters. The van der Waals surface area contributed by atoms with E-state index in [-0.39, 0.29) is 0 Å². The van der Waals surface area contributed by atoms with Crippen LogP contribution in [0.15, 0.2) is 48.5 Å². The predicted molar refractivity (Wildman–Crippen MR) is 88.6 cm³/mol. The molecule has 0 aliphatic carbocycles. The molecule has 0 heterocycles. The van der Waals surface area contributed by atoms with E-state index in [9.17, 15) is 5.11 Å². The summed E-state index contributed by atoms with van der Waals surface area (Å²) in [6.07, 6.45) is -0.447. The molecule has 0 radical (unpaired) electrons. The van der Waals surface area contributed by atoms with E-state index in [1.54, 1.807) is 0 Å². The Morgan fingerprint density at radius 3 is 2.38 bits per heavy atom. The van der Waals surface area contributed by atoms with Crippen LogP contribution in [0.25, 0.3) is 0 Å². The largest absolute Gasteiger partial charge is 0.387 e. The zero-order chi connectivity index (χ0) is 15.2. The minimum Gasteiger partial charge on any atom is -0.387 e. The molecule has 0 saturated heterocycles. The van der Waals surface area contributed by atoms with Crippen LogP contribution in [0.1, 0.15) is 41.2 Å². The minimum absolute atomic E-state index is 0.438. The molecule has 0 amide bonds. The van der Waals surface area contributed by atoms with E-state index in [1.165, 1.54) is 16.7 Å². The number of hydrogen-bond donors (Lipinski definition) is 2. The normalized spacial score (nSPS) is 13.9. The number of nitrogens with one attached hydrogen (secondary N) is 1. The lowest BCUT2D eigenvalue weighted by atomic mass is 9.95. The van der Waals surface area contributed by atoms with Gasteiger partial charge in [-0.1, -0.05) is 61.0 Å². The summed E-state index contributed by atoms with van der Waals surface area (Å²) in [6.45, 7) is 7.96. The standard InChI is InChI=1S/C19H25NO/c1-14-9-10-18(15(2)11-14)16(3)12-20-13-19(21)17-7-5-4-6-8-17/h4-11,16,19-21H,12-13H2,1-3H3. The van der Waals surface area contributed by atoms with Gasteiger partial charge in [-0.15, -0.1) is 0 Å². The van der Waals surface area contributed by atoms with E-state index >= 15 is 0 Å². The molecule has 0 aromatic heterocycles. The summed E-state index contributed by atoms with van der Waals surface area (Å²) in [5, 5.41) is 13.5. The SMILES string of the molecule is Cc1ccc(C(C)CNCC(O)c2ccccc2)c(C)c1. The molecule has 0 aliphatic heterocycles. The van der Waals surface area contributed by atoms with E-state index < -0.39 is 6.10 Å². The summed E-state index contributed by atoms with van der Waals surface area (Å²) < 4.78 is 0. The quantitative estimate of drug-likeness (QED) is 0.846. The molecular weight excluding hydrogens is 258 g/mol. The Bertz CT molecular complexity index is 565. The maximum atomic E-state index is 10.1. The van der Waals surface area contributed by atoms with Crippen LogP contribution in [0.5, 0.6) is 0 Å². The average Bonchev–Trinajstić information content (AvgIpc) is 2.47. The Balaban J connectivity index is 1.85. The fraction of sp³-hybridized carbons (Fsp3) is 0.368. The number of rotatable bonds is 6. The topological polar surface area (TPSA) is 32.3 Å². The molecule has 112 valence electrons. The lowest BCUT2D eigenvalue weighted by Gasteiger charge is -2.18. The number of hydrogen-bond acceptors (Lipinski definition) is 2. The number of aryl methyl sites for hydroxylation is 2. The molecular formula is C19H25NO. The molecule has 2 N–H and O–H groups in total. The summed E-state index contributed by atoms with van der Waals surface area (Å²) in [4.78, 5) is 0. The van der Waals surface area contributed by atoms with Gasteiger partial charge in [-0.25, -0.2) is 0 Å². The van der Waals surface area contributed by atoms with E-state index in [0.29, 0.717) is 12.5 Å². The van der Waals surface area contributed by atoms with Gasteiger partial charge in [0.05, 0.1) is 6.10 Å². The molecule has 21 heavy (non-hydrogen) atoms. The second-order valence-electron chi connectivity index (χ2n) is 5.85. The third kappa shape index (κ3) is 4.42. The molecule has 2 rings (SSSR count). The van der Waals surface area contributed by atoms with Crippen molar-refractivity contribution in [1.29, 1.82) is 0 Å². The molecule has 0 saturated carbocycles. The van der Waals surface area contributed by atoms with Gasteiger partial charge in [0.15, 0.2) is 0 Å². The summed E-state index contributed by atoms with van der Waals surface area (Å²) in [5.41, 5.74) is 4.98. The van der Waals surface area contributed by atoms with Crippen molar-refractivity contribution in [1.82, 2.24) is 5.32 Å². The van der Waals surface area contributed by atoms with Gasteiger partial charge in [0.2, 0.25) is 0 Å². The van der Waals surface area contributed by atoms with Crippen LogP contribution in [-0.4, -0.2) is 18.2 Å². The van der Waals surface area contributed by atoms with Crippen LogP contribution in [0.3, 0.4) is 0 Å². The van der Waals surface area contributed by atoms with Gasteiger partial charge in [-0.05, 0) is 36.5 Å². The van der Waals surface area contributed by atoms with Crippen molar-refractivity contribution in [2.24, 2.45) is 0 Å². The zero-order valence-corrected chi connectivity index (χ0v) is 13.1. The summed E-state index contributed by atoms with van der Waals surface area (Å²) in [7, 11) is 0. The van der Waals surface area contributed by atoms with E-state index in [4.69, 9.17) is 0 Å². The fourth-order valence-corrected chi connectivity index (χ4v) is 2.72. The number of aliphatic hydroxyl groups excluding tert-OH is 1. The first-order chi connectivity index (χ1) is 10.1. The van der Waals surface area contributed by atoms with Gasteiger partial charge in [-0.2, -0.15) is 0 Å². The Morgan fingerprint density at radius 2 is 1.71 bits per heavy atom. The van der Waals surface area contributed by atoms with Crippen LogP contribution in [0, 0.1) is 13.8 Å². The molecule has 2 unspecified atom stereocenters. The van der Waals surface area contributed by atoms with Crippen molar-refractivity contribution in [3.05, 3.63) is 70.8 Å². The highest BCUT2D eigenvalue weighted by molar-refractivity contribution is 5.33. The average molecular weight is 283 g/mol. The molecule has 0 fully saturated rings. The zero-order valence-electron chi connectivity index (χ0n) is 13.1. The molecule has 0 bridgehead atoms. The van der Waals surface area contributed by atoms with E-state index in [0.717, 1.165) is 12.1 Å². The van der Waals surface area contributed by atoms with Crippen LogP contribution in [-0.2, 0) is 0 Å². The highest BCUT2D eigenvalue weighted by Crippen LogP contribution is 2.20. The van der Waals surface area contributed by atoms with Crippen molar-refractivity contribution in [3.63, 3.8) is 0 Å². The Labute approximate surface area is 127 Å². The lowest BCUT2D eigenvalue weighted by Crippen LogP contribution is -2.25. The molecule has 2 heteroatoms. The van der Waals surface area contributed by atoms with Crippen molar-refractivity contribution >= 4 is 0 Å². The summed E-state index contributed by atoms with van der Waals surface area (Å²) in [5.74, 6) is 0.438. The van der Waals surface area contributed by atoms with Crippen molar-refractivity contribution < 1.29 is 5.11 Å². The molecule has 0 aliphatic rings. The highest BCUT2D eigenvalue weighted by Gasteiger charge is 2.10. The van der Waals surface area contributed by atoms with E-state index in [1.807, 2.05) is 30.3 Å².